The smallest absolute Gasteiger partial charge is 0.307 e. The highest BCUT2D eigenvalue weighted by atomic mass is 32.1. The van der Waals surface area contributed by atoms with Crippen LogP contribution in [0, 0.1) is 6.92 Å². The van der Waals surface area contributed by atoms with Gasteiger partial charge in [-0.05, 0) is 41.3 Å². The molecule has 0 saturated heterocycles. The fraction of sp³-hybridized carbons (Fsp3) is 0.250. The predicted octanol–water partition coefficient (Wildman–Crippen LogP) is 8.07. The Kier molecular flexibility index (Phi) is 7.08. The number of carbonyl (C=O) groups is 1. The second-order valence-electron chi connectivity index (χ2n) is 8.91. The molecule has 2 amide bonds. The van der Waals surface area contributed by atoms with Crippen molar-refractivity contribution >= 4 is 28.7 Å². The molecule has 0 aliphatic heterocycles. The van der Waals surface area contributed by atoms with E-state index in [4.69, 9.17) is 4.98 Å². The van der Waals surface area contributed by atoms with Gasteiger partial charge in [-0.2, -0.15) is 0 Å². The van der Waals surface area contributed by atoms with E-state index >= 15 is 0 Å². The van der Waals surface area contributed by atoms with E-state index in [0.717, 1.165) is 32.8 Å². The van der Waals surface area contributed by atoms with E-state index in [0.29, 0.717) is 17.2 Å². The number of hydrogen-bond donors (Lipinski definition) is 2. The maximum Gasteiger partial charge on any atom is 0.323 e. The molecule has 5 nitrogen and oxygen atoms in total. The number of rotatable bonds is 6. The summed E-state index contributed by atoms with van der Waals surface area (Å²) in [5, 5.41) is 8.17. The van der Waals surface area contributed by atoms with E-state index in [1.54, 1.807) is 17.5 Å². The van der Waals surface area contributed by atoms with E-state index in [2.05, 4.69) is 68.4 Å². The summed E-state index contributed by atoms with van der Waals surface area (Å²) in [5.41, 5.74) is 6.32. The molecule has 0 unspecified atom stereocenters. The van der Waals surface area contributed by atoms with Gasteiger partial charge in [-0.3, -0.25) is 0 Å². The van der Waals surface area contributed by atoms with Crippen LogP contribution in [0.5, 0.6) is 0 Å². The second-order valence-corrected chi connectivity index (χ2v) is 10.0. The molecule has 0 atom stereocenters. The second kappa shape index (κ2) is 10.2. The number of hydrogen-bond acceptors (Lipinski definition) is 4. The first-order chi connectivity index (χ1) is 16.3. The summed E-state index contributed by atoms with van der Waals surface area (Å²) >= 11 is 1.65. The fourth-order valence-electron chi connectivity index (χ4n) is 4.00. The third kappa shape index (κ3) is 5.02. The Balaban J connectivity index is 1.70. The number of benzene rings is 2. The summed E-state index contributed by atoms with van der Waals surface area (Å²) in [6, 6.07) is 17.8. The van der Waals surface area contributed by atoms with Crippen LogP contribution in [0.2, 0.25) is 0 Å². The molecule has 0 saturated carbocycles. The van der Waals surface area contributed by atoms with Gasteiger partial charge in [-0.1, -0.05) is 76.2 Å². The summed E-state index contributed by atoms with van der Waals surface area (Å²) in [5.74, 6) is 1.19. The first-order valence-electron chi connectivity index (χ1n) is 11.5. The minimum Gasteiger partial charge on any atom is -0.307 e. The van der Waals surface area contributed by atoms with Gasteiger partial charge in [-0.15, -0.1) is 11.3 Å². The normalized spacial score (nSPS) is 11.1. The van der Waals surface area contributed by atoms with Crippen LogP contribution < -0.4 is 10.6 Å². The Hall–Kier alpha value is -3.51. The maximum atomic E-state index is 13.2. The van der Waals surface area contributed by atoms with E-state index in [9.17, 15) is 4.79 Å². The SMILES string of the molecule is Cc1sccc1-c1nc(-c2ccccc2)ncc1NC(=O)Nc1c(C(C)C)cccc1C(C)C. The van der Waals surface area contributed by atoms with Gasteiger partial charge < -0.3 is 10.6 Å². The van der Waals surface area contributed by atoms with Crippen LogP contribution >= 0.6 is 11.3 Å². The fourth-order valence-corrected chi connectivity index (χ4v) is 4.70. The Morgan fingerprint density at radius 2 is 1.56 bits per heavy atom. The van der Waals surface area contributed by atoms with Crippen molar-refractivity contribution in [3.8, 4) is 22.6 Å². The van der Waals surface area contributed by atoms with Gasteiger partial charge in [0.15, 0.2) is 5.82 Å². The van der Waals surface area contributed by atoms with Crippen molar-refractivity contribution < 1.29 is 4.79 Å². The molecule has 0 spiro atoms. The van der Waals surface area contributed by atoms with E-state index in [-0.39, 0.29) is 17.9 Å². The van der Waals surface area contributed by atoms with Crippen molar-refractivity contribution in [2.45, 2.75) is 46.5 Å². The van der Waals surface area contributed by atoms with Crippen molar-refractivity contribution in [1.29, 1.82) is 0 Å². The predicted molar refractivity (Wildman–Crippen MR) is 143 cm³/mol. The molecule has 0 aliphatic carbocycles. The zero-order chi connectivity index (χ0) is 24.2. The van der Waals surface area contributed by atoms with Crippen molar-refractivity contribution in [2.75, 3.05) is 10.6 Å². The molecular weight excluding hydrogens is 440 g/mol. The highest BCUT2D eigenvalue weighted by Crippen LogP contribution is 2.35. The summed E-state index contributed by atoms with van der Waals surface area (Å²) in [6.07, 6.45) is 1.69. The Labute approximate surface area is 205 Å². The van der Waals surface area contributed by atoms with Gasteiger partial charge in [0.2, 0.25) is 0 Å². The van der Waals surface area contributed by atoms with Crippen LogP contribution in [0.1, 0.15) is 55.5 Å². The molecule has 174 valence electrons. The summed E-state index contributed by atoms with van der Waals surface area (Å²) in [6.45, 7) is 10.6. The molecule has 0 fully saturated rings. The number of carbonyl (C=O) groups excluding carboxylic acids is 1. The minimum atomic E-state index is -0.305. The van der Waals surface area contributed by atoms with Crippen LogP contribution in [0.15, 0.2) is 66.2 Å². The number of nitrogens with zero attached hydrogens (tertiary/aromatic N) is 2. The lowest BCUT2D eigenvalue weighted by atomic mass is 9.93. The average Bonchev–Trinajstić information content (AvgIpc) is 3.25. The first kappa shape index (κ1) is 23.6. The number of amides is 2. The number of nitrogens with one attached hydrogen (secondary N) is 2. The van der Waals surface area contributed by atoms with Crippen LogP contribution in [-0.4, -0.2) is 16.0 Å². The number of para-hydroxylation sites is 1. The van der Waals surface area contributed by atoms with E-state index in [1.807, 2.05) is 41.8 Å². The molecule has 2 N–H and O–H groups in total. The lowest BCUT2D eigenvalue weighted by Gasteiger charge is -2.20. The first-order valence-corrected chi connectivity index (χ1v) is 12.4. The highest BCUT2D eigenvalue weighted by Gasteiger charge is 2.19. The number of anilines is 2. The number of aryl methyl sites for hydroxylation is 1. The van der Waals surface area contributed by atoms with Gasteiger partial charge in [0.05, 0.1) is 17.6 Å². The Bertz CT molecular complexity index is 1270. The van der Waals surface area contributed by atoms with Crippen LogP contribution in [0.3, 0.4) is 0 Å². The zero-order valence-electron chi connectivity index (χ0n) is 20.2. The monoisotopic (exact) mass is 470 g/mol. The van der Waals surface area contributed by atoms with Crippen molar-refractivity contribution in [3.63, 3.8) is 0 Å². The lowest BCUT2D eigenvalue weighted by Crippen LogP contribution is -2.22. The van der Waals surface area contributed by atoms with Crippen LogP contribution in [-0.2, 0) is 0 Å². The molecule has 6 heteroatoms. The van der Waals surface area contributed by atoms with Crippen LogP contribution in [0.25, 0.3) is 22.6 Å². The van der Waals surface area contributed by atoms with Crippen LogP contribution in [0.4, 0.5) is 16.2 Å². The summed E-state index contributed by atoms with van der Waals surface area (Å²) in [4.78, 5) is 23.8. The molecule has 34 heavy (non-hydrogen) atoms. The third-order valence-electron chi connectivity index (χ3n) is 5.79. The van der Waals surface area contributed by atoms with Gasteiger partial charge in [0.25, 0.3) is 0 Å². The molecule has 0 radical (unpaired) electrons. The standard InChI is InChI=1S/C28H30N4OS/c1-17(2)21-12-9-13-22(18(3)4)25(21)32-28(33)30-24-16-29-27(20-10-7-6-8-11-20)31-26(24)23-14-15-34-19(23)5/h6-18H,1-5H3,(H2,30,32,33). The molecule has 0 bridgehead atoms. The molecular formula is C28H30N4OS. The summed E-state index contributed by atoms with van der Waals surface area (Å²) < 4.78 is 0. The largest absolute Gasteiger partial charge is 0.323 e. The average molecular weight is 471 g/mol. The van der Waals surface area contributed by atoms with Crippen molar-refractivity contribution in [1.82, 2.24) is 9.97 Å². The van der Waals surface area contributed by atoms with Gasteiger partial charge in [0, 0.05) is 21.7 Å². The Morgan fingerprint density at radius 3 is 2.15 bits per heavy atom. The quantitative estimate of drug-likeness (QED) is 0.299. The maximum absolute atomic E-state index is 13.2. The molecule has 2 heterocycles. The molecule has 0 aliphatic rings. The zero-order valence-corrected chi connectivity index (χ0v) is 21.0. The van der Waals surface area contributed by atoms with E-state index in [1.165, 1.54) is 0 Å². The lowest BCUT2D eigenvalue weighted by molar-refractivity contribution is 0.262. The Morgan fingerprint density at radius 1 is 0.882 bits per heavy atom. The number of aromatic nitrogens is 2. The molecule has 2 aromatic carbocycles. The van der Waals surface area contributed by atoms with Crippen molar-refractivity contribution in [2.24, 2.45) is 0 Å². The van der Waals surface area contributed by atoms with Gasteiger partial charge in [0.1, 0.15) is 0 Å². The number of urea groups is 1. The highest BCUT2D eigenvalue weighted by molar-refractivity contribution is 7.10. The minimum absolute atomic E-state index is 0.284. The number of thiophene rings is 1. The van der Waals surface area contributed by atoms with E-state index < -0.39 is 0 Å². The molecule has 4 aromatic rings. The van der Waals surface area contributed by atoms with Gasteiger partial charge >= 0.3 is 6.03 Å². The molecule has 4 rings (SSSR count). The summed E-state index contributed by atoms with van der Waals surface area (Å²) in [7, 11) is 0. The topological polar surface area (TPSA) is 66.9 Å². The third-order valence-corrected chi connectivity index (χ3v) is 6.64. The van der Waals surface area contributed by atoms with Crippen molar-refractivity contribution in [3.05, 3.63) is 82.2 Å². The van der Waals surface area contributed by atoms with Gasteiger partial charge in [-0.25, -0.2) is 14.8 Å². The molecule has 2 aromatic heterocycles.